The molecule has 0 saturated carbocycles. The summed E-state index contributed by atoms with van der Waals surface area (Å²) in [6.07, 6.45) is 0.995. The zero-order valence-corrected chi connectivity index (χ0v) is 19.7. The van der Waals surface area contributed by atoms with Crippen LogP contribution < -0.4 is 21.3 Å². The molecular formula is C22H34BrN5. The van der Waals surface area contributed by atoms with Crippen LogP contribution in [-0.2, 0) is 6.54 Å². The van der Waals surface area contributed by atoms with Crippen LogP contribution in [0.3, 0.4) is 0 Å². The summed E-state index contributed by atoms with van der Waals surface area (Å²) in [7, 11) is 3.93. The molecule has 0 saturated heterocycles. The topological polar surface area (TPSA) is 66.2 Å². The van der Waals surface area contributed by atoms with Crippen molar-refractivity contribution in [1.29, 1.82) is 0 Å². The molecule has 0 aliphatic rings. The molecule has 0 aliphatic carbocycles. The third-order valence-corrected chi connectivity index (χ3v) is 5.00. The van der Waals surface area contributed by atoms with Gasteiger partial charge in [0, 0.05) is 36.7 Å². The second kappa shape index (κ2) is 8.60. The Morgan fingerprint density at radius 2 is 1.71 bits per heavy atom. The standard InChI is InChI=1S/C22H34BrN5/c1-21(2,3)14-22(4,5)27-20-19(24)17(25-6)12-18(26-20)28(7)13-15-8-10-16(23)11-9-15/h8-12H,13-14,24H2,1-7H3,(H2,25,26,27). The lowest BCUT2D eigenvalue weighted by Crippen LogP contribution is -2.36. The highest BCUT2D eigenvalue weighted by Gasteiger charge is 2.27. The monoisotopic (exact) mass is 447 g/mol. The number of rotatable bonds is 7. The predicted molar refractivity (Wildman–Crippen MR) is 126 cm³/mol. The first-order valence-corrected chi connectivity index (χ1v) is 10.4. The number of nitrogen functional groups attached to an aromatic ring is 1. The molecule has 1 aromatic heterocycles. The molecule has 0 spiro atoms. The summed E-state index contributed by atoms with van der Waals surface area (Å²) < 4.78 is 1.08. The molecule has 0 unspecified atom stereocenters. The zero-order chi connectivity index (χ0) is 21.1. The van der Waals surface area contributed by atoms with Crippen molar-refractivity contribution in [3.8, 4) is 0 Å². The molecule has 0 bridgehead atoms. The maximum atomic E-state index is 6.39. The van der Waals surface area contributed by atoms with E-state index in [0.717, 1.165) is 34.8 Å². The molecule has 1 heterocycles. The Kier molecular flexibility index (Phi) is 6.86. The van der Waals surface area contributed by atoms with Gasteiger partial charge in [0.2, 0.25) is 0 Å². The summed E-state index contributed by atoms with van der Waals surface area (Å²) >= 11 is 3.49. The molecule has 0 amide bonds. The van der Waals surface area contributed by atoms with Crippen LogP contribution in [0, 0.1) is 5.41 Å². The van der Waals surface area contributed by atoms with Crippen LogP contribution in [0.1, 0.15) is 46.6 Å². The number of nitrogens with two attached hydrogens (primary N) is 1. The van der Waals surface area contributed by atoms with Gasteiger partial charge >= 0.3 is 0 Å². The summed E-state index contributed by atoms with van der Waals surface area (Å²) in [6.45, 7) is 11.9. The van der Waals surface area contributed by atoms with Gasteiger partial charge in [0.05, 0.1) is 11.4 Å². The van der Waals surface area contributed by atoms with Crippen LogP contribution in [0.4, 0.5) is 23.0 Å². The summed E-state index contributed by atoms with van der Waals surface area (Å²) in [5, 5.41) is 6.77. The van der Waals surface area contributed by atoms with Gasteiger partial charge in [0.15, 0.2) is 5.82 Å². The van der Waals surface area contributed by atoms with Gasteiger partial charge in [0.25, 0.3) is 0 Å². The van der Waals surface area contributed by atoms with Crippen LogP contribution in [0.25, 0.3) is 0 Å². The minimum absolute atomic E-state index is 0.132. The quantitative estimate of drug-likeness (QED) is 0.505. The summed E-state index contributed by atoms with van der Waals surface area (Å²) in [5.41, 5.74) is 9.20. The SMILES string of the molecule is CNc1cc(N(C)Cc2ccc(Br)cc2)nc(NC(C)(C)CC(C)(C)C)c1N. The Morgan fingerprint density at radius 3 is 2.25 bits per heavy atom. The van der Waals surface area contributed by atoms with Crippen molar-refractivity contribution in [2.24, 2.45) is 5.41 Å². The fourth-order valence-electron chi connectivity index (χ4n) is 3.67. The summed E-state index contributed by atoms with van der Waals surface area (Å²) in [6, 6.07) is 10.3. The van der Waals surface area contributed by atoms with Crippen molar-refractivity contribution < 1.29 is 0 Å². The van der Waals surface area contributed by atoms with Gasteiger partial charge < -0.3 is 21.3 Å². The second-order valence-corrected chi connectivity index (χ2v) is 10.2. The molecule has 5 nitrogen and oxygen atoms in total. The van der Waals surface area contributed by atoms with Crippen LogP contribution >= 0.6 is 15.9 Å². The Bertz CT molecular complexity index is 794. The van der Waals surface area contributed by atoms with E-state index in [9.17, 15) is 0 Å². The van der Waals surface area contributed by atoms with Crippen molar-refractivity contribution in [1.82, 2.24) is 4.98 Å². The minimum Gasteiger partial charge on any atom is -0.394 e. The summed E-state index contributed by atoms with van der Waals surface area (Å²) in [5.74, 6) is 1.59. The van der Waals surface area contributed by atoms with E-state index in [2.05, 4.69) is 90.3 Å². The average molecular weight is 448 g/mol. The number of nitrogens with one attached hydrogen (secondary N) is 2. The lowest BCUT2D eigenvalue weighted by molar-refractivity contribution is 0.302. The molecule has 1 aromatic carbocycles. The van der Waals surface area contributed by atoms with Crippen molar-refractivity contribution >= 4 is 38.9 Å². The molecule has 6 heteroatoms. The number of nitrogens with zero attached hydrogens (tertiary/aromatic N) is 2. The molecule has 0 atom stereocenters. The largest absolute Gasteiger partial charge is 0.394 e. The first kappa shape index (κ1) is 22.3. The number of halogens is 1. The molecule has 28 heavy (non-hydrogen) atoms. The summed E-state index contributed by atoms with van der Waals surface area (Å²) in [4.78, 5) is 6.98. The Hall–Kier alpha value is -1.95. The smallest absolute Gasteiger partial charge is 0.154 e. The highest BCUT2D eigenvalue weighted by atomic mass is 79.9. The molecule has 2 aromatic rings. The van der Waals surface area contributed by atoms with E-state index < -0.39 is 0 Å². The number of anilines is 4. The number of benzene rings is 1. The van der Waals surface area contributed by atoms with E-state index in [1.807, 2.05) is 20.2 Å². The van der Waals surface area contributed by atoms with Crippen molar-refractivity contribution in [2.75, 3.05) is 35.4 Å². The lowest BCUT2D eigenvalue weighted by Gasteiger charge is -2.34. The maximum absolute atomic E-state index is 6.39. The Morgan fingerprint density at radius 1 is 1.11 bits per heavy atom. The normalized spacial score (nSPS) is 12.0. The minimum atomic E-state index is -0.132. The highest BCUT2D eigenvalue weighted by Crippen LogP contribution is 2.35. The predicted octanol–water partition coefficient (Wildman–Crippen LogP) is 5.73. The number of pyridine rings is 1. The van der Waals surface area contributed by atoms with Gasteiger partial charge in [0.1, 0.15) is 5.82 Å². The number of hydrogen-bond donors (Lipinski definition) is 3. The van der Waals surface area contributed by atoms with E-state index in [1.54, 1.807) is 0 Å². The van der Waals surface area contributed by atoms with Crippen LogP contribution in [0.15, 0.2) is 34.8 Å². The molecular weight excluding hydrogens is 414 g/mol. The molecule has 4 N–H and O–H groups in total. The van der Waals surface area contributed by atoms with Gasteiger partial charge in [-0.05, 0) is 43.4 Å². The Labute approximate surface area is 178 Å². The Balaban J connectivity index is 2.30. The highest BCUT2D eigenvalue weighted by molar-refractivity contribution is 9.10. The first-order chi connectivity index (χ1) is 12.9. The molecule has 2 rings (SSSR count). The third-order valence-electron chi connectivity index (χ3n) is 4.47. The number of hydrogen-bond acceptors (Lipinski definition) is 5. The average Bonchev–Trinajstić information content (AvgIpc) is 2.56. The molecule has 0 radical (unpaired) electrons. The van der Waals surface area contributed by atoms with Crippen molar-refractivity contribution in [3.05, 3.63) is 40.4 Å². The first-order valence-electron chi connectivity index (χ1n) is 9.62. The van der Waals surface area contributed by atoms with Crippen LogP contribution in [0.5, 0.6) is 0 Å². The van der Waals surface area contributed by atoms with Gasteiger partial charge in [-0.2, -0.15) is 0 Å². The van der Waals surface area contributed by atoms with E-state index in [4.69, 9.17) is 10.7 Å². The van der Waals surface area contributed by atoms with Gasteiger partial charge in [-0.15, -0.1) is 0 Å². The van der Waals surface area contributed by atoms with Gasteiger partial charge in [-0.3, -0.25) is 0 Å². The maximum Gasteiger partial charge on any atom is 0.154 e. The van der Waals surface area contributed by atoms with Gasteiger partial charge in [-0.1, -0.05) is 48.8 Å². The van der Waals surface area contributed by atoms with E-state index >= 15 is 0 Å². The molecule has 0 fully saturated rings. The van der Waals surface area contributed by atoms with Crippen molar-refractivity contribution in [2.45, 2.75) is 53.1 Å². The second-order valence-electron chi connectivity index (χ2n) is 9.27. The molecule has 154 valence electrons. The van der Waals surface area contributed by atoms with E-state index in [1.165, 1.54) is 5.56 Å². The zero-order valence-electron chi connectivity index (χ0n) is 18.2. The van der Waals surface area contributed by atoms with Crippen molar-refractivity contribution in [3.63, 3.8) is 0 Å². The van der Waals surface area contributed by atoms with Crippen LogP contribution in [-0.4, -0.2) is 24.6 Å². The number of aromatic nitrogens is 1. The lowest BCUT2D eigenvalue weighted by atomic mass is 9.82. The van der Waals surface area contributed by atoms with E-state index in [-0.39, 0.29) is 11.0 Å². The van der Waals surface area contributed by atoms with Gasteiger partial charge in [-0.25, -0.2) is 4.98 Å². The van der Waals surface area contributed by atoms with Crippen LogP contribution in [0.2, 0.25) is 0 Å². The molecule has 0 aliphatic heterocycles. The fourth-order valence-corrected chi connectivity index (χ4v) is 3.94. The third kappa shape index (κ3) is 6.30. The van der Waals surface area contributed by atoms with E-state index in [0.29, 0.717) is 5.69 Å². The fraction of sp³-hybridized carbons (Fsp3) is 0.500.